The van der Waals surface area contributed by atoms with Crippen LogP contribution in [0.2, 0.25) is 0 Å². The second kappa shape index (κ2) is 3.60. The first-order valence-electron chi connectivity index (χ1n) is 3.23. The van der Waals surface area contributed by atoms with Gasteiger partial charge in [0.1, 0.15) is 0 Å². The summed E-state index contributed by atoms with van der Waals surface area (Å²) in [6, 6.07) is 0. The maximum absolute atomic E-state index is 11.8. The van der Waals surface area contributed by atoms with E-state index < -0.39 is 11.7 Å². The molecule has 0 N–H and O–H groups in total. The van der Waals surface area contributed by atoms with Gasteiger partial charge in [-0.2, -0.15) is 13.2 Å². The van der Waals surface area contributed by atoms with Crippen LogP contribution in [0.3, 0.4) is 0 Å². The smallest absolute Gasteiger partial charge is 0.166 e. The van der Waals surface area contributed by atoms with E-state index in [1.165, 1.54) is 6.08 Å². The predicted molar refractivity (Wildman–Crippen MR) is 39.2 cm³/mol. The van der Waals surface area contributed by atoms with E-state index in [4.69, 9.17) is 0 Å². The lowest BCUT2D eigenvalue weighted by Gasteiger charge is -2.04. The van der Waals surface area contributed by atoms with Gasteiger partial charge in [-0.15, -0.1) is 0 Å². The highest BCUT2D eigenvalue weighted by atomic mass is 19.4. The second-order valence-electron chi connectivity index (χ2n) is 2.59. The average molecular weight is 164 g/mol. The van der Waals surface area contributed by atoms with Gasteiger partial charge in [0.05, 0.1) is 0 Å². The molecule has 0 fully saturated rings. The maximum atomic E-state index is 11.8. The molecule has 0 aromatic rings. The Morgan fingerprint density at radius 1 is 1.00 bits per heavy atom. The fourth-order valence-corrected chi connectivity index (χ4v) is 0.386. The lowest BCUT2D eigenvalue weighted by atomic mass is 10.2. The minimum absolute atomic E-state index is 0.571. The van der Waals surface area contributed by atoms with Gasteiger partial charge in [0.2, 0.25) is 0 Å². The van der Waals surface area contributed by atoms with Crippen molar-refractivity contribution < 1.29 is 13.2 Å². The molecular formula is C8H11F3. The molecule has 0 bridgehead atoms. The van der Waals surface area contributed by atoms with E-state index in [2.05, 4.69) is 0 Å². The minimum atomic E-state index is -4.19. The van der Waals surface area contributed by atoms with Crippen molar-refractivity contribution in [3.8, 4) is 0 Å². The standard InChI is InChI=1S/C8H11F3/c1-6(2)4-5-7(3)8(9,10)11/h4-5H,1-3H3. The molecule has 0 aliphatic carbocycles. The molecule has 0 heterocycles. The Balaban J connectivity index is 4.36. The average Bonchev–Trinajstić information content (AvgIpc) is 1.80. The molecule has 0 aromatic carbocycles. The fraction of sp³-hybridized carbons (Fsp3) is 0.500. The van der Waals surface area contributed by atoms with Crippen LogP contribution in [0.15, 0.2) is 23.3 Å². The van der Waals surface area contributed by atoms with Gasteiger partial charge >= 0.3 is 6.18 Å². The molecular weight excluding hydrogens is 153 g/mol. The van der Waals surface area contributed by atoms with Gasteiger partial charge in [-0.3, -0.25) is 0 Å². The van der Waals surface area contributed by atoms with Crippen molar-refractivity contribution in [3.63, 3.8) is 0 Å². The molecule has 0 aliphatic heterocycles. The molecule has 3 heteroatoms. The molecule has 0 saturated heterocycles. The first-order chi connectivity index (χ1) is 4.84. The summed E-state index contributed by atoms with van der Waals surface area (Å²) in [7, 11) is 0. The summed E-state index contributed by atoms with van der Waals surface area (Å²) in [5.74, 6) is 0. The molecule has 0 saturated carbocycles. The van der Waals surface area contributed by atoms with E-state index in [0.717, 1.165) is 18.6 Å². The van der Waals surface area contributed by atoms with Crippen LogP contribution in [0.4, 0.5) is 13.2 Å². The van der Waals surface area contributed by atoms with E-state index >= 15 is 0 Å². The quantitative estimate of drug-likeness (QED) is 0.520. The SMILES string of the molecule is CC(C)=CC=C(C)C(F)(F)F. The molecule has 0 radical (unpaired) electrons. The molecule has 0 rings (SSSR count). The summed E-state index contributed by atoms with van der Waals surface area (Å²) in [5, 5.41) is 0. The first-order valence-corrected chi connectivity index (χ1v) is 3.23. The Labute approximate surface area is 64.4 Å². The van der Waals surface area contributed by atoms with Crippen LogP contribution >= 0.6 is 0 Å². The summed E-state index contributed by atoms with van der Waals surface area (Å²) >= 11 is 0. The van der Waals surface area contributed by atoms with E-state index in [0.29, 0.717) is 0 Å². The van der Waals surface area contributed by atoms with E-state index in [1.807, 2.05) is 0 Å². The first kappa shape index (κ1) is 10.3. The molecule has 0 aliphatic rings. The van der Waals surface area contributed by atoms with Crippen molar-refractivity contribution in [2.75, 3.05) is 0 Å². The molecule has 0 spiro atoms. The van der Waals surface area contributed by atoms with E-state index in [-0.39, 0.29) is 0 Å². The topological polar surface area (TPSA) is 0 Å². The molecule has 0 nitrogen and oxygen atoms in total. The lowest BCUT2D eigenvalue weighted by Crippen LogP contribution is -2.08. The molecule has 0 aromatic heterocycles. The number of alkyl halides is 3. The van der Waals surface area contributed by atoms with Gasteiger partial charge in [0.15, 0.2) is 0 Å². The summed E-state index contributed by atoms with van der Waals surface area (Å²) in [4.78, 5) is 0. The zero-order valence-corrected chi connectivity index (χ0v) is 6.79. The van der Waals surface area contributed by atoms with Crippen molar-refractivity contribution >= 4 is 0 Å². The van der Waals surface area contributed by atoms with Gasteiger partial charge in [0, 0.05) is 5.57 Å². The highest BCUT2D eigenvalue weighted by molar-refractivity contribution is 5.17. The normalized spacial score (nSPS) is 13.1. The van der Waals surface area contributed by atoms with Gasteiger partial charge in [-0.25, -0.2) is 0 Å². The third-order valence-electron chi connectivity index (χ3n) is 1.11. The molecule has 11 heavy (non-hydrogen) atoms. The van der Waals surface area contributed by atoms with Crippen LogP contribution in [0.1, 0.15) is 20.8 Å². The summed E-state index contributed by atoms with van der Waals surface area (Å²) in [5.41, 5.74) is 0.285. The summed E-state index contributed by atoms with van der Waals surface area (Å²) in [6.45, 7) is 4.56. The maximum Gasteiger partial charge on any atom is 0.412 e. The molecule has 64 valence electrons. The van der Waals surface area contributed by atoms with Crippen molar-refractivity contribution in [1.29, 1.82) is 0 Å². The lowest BCUT2D eigenvalue weighted by molar-refractivity contribution is -0.0912. The largest absolute Gasteiger partial charge is 0.412 e. The minimum Gasteiger partial charge on any atom is -0.166 e. The van der Waals surface area contributed by atoms with Gasteiger partial charge in [-0.1, -0.05) is 17.7 Å². The summed E-state index contributed by atoms with van der Waals surface area (Å²) in [6.07, 6.45) is -1.66. The zero-order chi connectivity index (χ0) is 9.07. The highest BCUT2D eigenvalue weighted by Crippen LogP contribution is 2.24. The third-order valence-corrected chi connectivity index (χ3v) is 1.11. The van der Waals surface area contributed by atoms with Crippen LogP contribution in [0, 0.1) is 0 Å². The number of allylic oxidation sites excluding steroid dienone is 4. The number of halogens is 3. The van der Waals surface area contributed by atoms with Crippen molar-refractivity contribution in [3.05, 3.63) is 23.3 Å². The summed E-state index contributed by atoms with van der Waals surface area (Å²) < 4.78 is 35.4. The Morgan fingerprint density at radius 3 is 1.73 bits per heavy atom. The molecule has 0 amide bonds. The van der Waals surface area contributed by atoms with Crippen molar-refractivity contribution in [2.24, 2.45) is 0 Å². The van der Waals surface area contributed by atoms with Gasteiger partial charge in [0.25, 0.3) is 0 Å². The van der Waals surface area contributed by atoms with Crippen LogP contribution < -0.4 is 0 Å². The van der Waals surface area contributed by atoms with Gasteiger partial charge < -0.3 is 0 Å². The highest BCUT2D eigenvalue weighted by Gasteiger charge is 2.29. The van der Waals surface area contributed by atoms with Crippen LogP contribution in [-0.2, 0) is 0 Å². The second-order valence-corrected chi connectivity index (χ2v) is 2.59. The zero-order valence-electron chi connectivity index (χ0n) is 6.79. The monoisotopic (exact) mass is 164 g/mol. The van der Waals surface area contributed by atoms with Crippen LogP contribution in [-0.4, -0.2) is 6.18 Å². The Morgan fingerprint density at radius 2 is 1.45 bits per heavy atom. The van der Waals surface area contributed by atoms with Crippen molar-refractivity contribution in [2.45, 2.75) is 26.9 Å². The Bertz CT molecular complexity index is 180. The van der Waals surface area contributed by atoms with Crippen molar-refractivity contribution in [1.82, 2.24) is 0 Å². The number of rotatable bonds is 1. The predicted octanol–water partition coefficient (Wildman–Crippen LogP) is 3.46. The Kier molecular flexibility index (Phi) is 3.36. The number of hydrogen-bond acceptors (Lipinski definition) is 0. The number of hydrogen-bond donors (Lipinski definition) is 0. The van der Waals surface area contributed by atoms with Crippen LogP contribution in [0.5, 0.6) is 0 Å². The van der Waals surface area contributed by atoms with E-state index in [1.54, 1.807) is 13.8 Å². The molecule has 0 atom stereocenters. The van der Waals surface area contributed by atoms with Crippen LogP contribution in [0.25, 0.3) is 0 Å². The van der Waals surface area contributed by atoms with Gasteiger partial charge in [-0.05, 0) is 20.8 Å². The molecule has 0 unspecified atom stereocenters. The fourth-order valence-electron chi connectivity index (χ4n) is 0.386. The Hall–Kier alpha value is -0.730. The third kappa shape index (κ3) is 4.65. The van der Waals surface area contributed by atoms with E-state index in [9.17, 15) is 13.2 Å².